The molecule has 0 bridgehead atoms. The van der Waals surface area contributed by atoms with E-state index in [9.17, 15) is 13.6 Å². The molecule has 0 fully saturated rings. The Hall–Kier alpha value is -2.44. The number of halogens is 2. The molecule has 0 spiro atoms. The van der Waals surface area contributed by atoms with E-state index in [2.05, 4.69) is 20.3 Å². The molecule has 2 N–H and O–H groups in total. The van der Waals surface area contributed by atoms with E-state index in [0.717, 1.165) is 12.7 Å². The highest BCUT2D eigenvalue weighted by Gasteiger charge is 2.18. The summed E-state index contributed by atoms with van der Waals surface area (Å²) in [6.07, 6.45) is 3.19. The number of nitrogens with one attached hydrogen (secondary N) is 2. The molecule has 0 aliphatic rings. The third-order valence-electron chi connectivity index (χ3n) is 2.53. The Labute approximate surface area is 107 Å². The highest BCUT2D eigenvalue weighted by Crippen LogP contribution is 2.21. The van der Waals surface area contributed by atoms with Crippen molar-refractivity contribution < 1.29 is 18.3 Å². The Morgan fingerprint density at radius 2 is 2.21 bits per heavy atom. The van der Waals surface area contributed by atoms with Crippen molar-refractivity contribution in [3.63, 3.8) is 0 Å². The van der Waals surface area contributed by atoms with E-state index in [1.54, 1.807) is 12.4 Å². The number of rotatable bonds is 4. The summed E-state index contributed by atoms with van der Waals surface area (Å²) in [5.74, 6) is -3.27. The van der Waals surface area contributed by atoms with Gasteiger partial charge in [-0.2, -0.15) is 5.10 Å². The van der Waals surface area contributed by atoms with Crippen LogP contribution in [0.4, 0.5) is 14.5 Å². The van der Waals surface area contributed by atoms with Crippen molar-refractivity contribution in [2.75, 3.05) is 12.4 Å². The Bertz CT molecular complexity index is 585. The van der Waals surface area contributed by atoms with Gasteiger partial charge in [0.1, 0.15) is 0 Å². The first-order valence-electron chi connectivity index (χ1n) is 5.41. The normalized spacial score (nSPS) is 10.3. The van der Waals surface area contributed by atoms with Crippen molar-refractivity contribution in [3.8, 4) is 0 Å². The van der Waals surface area contributed by atoms with Crippen LogP contribution in [0.5, 0.6) is 0 Å². The molecule has 1 aromatic heterocycles. The van der Waals surface area contributed by atoms with Crippen LogP contribution in [0.1, 0.15) is 15.9 Å². The standard InChI is InChI=1S/C12H11F2N3O2/c1-19-12(18)8-2-3-9(11(14)10(8)13)15-4-7-5-16-17-6-7/h2-3,5-6,15H,4H2,1H3,(H,16,17). The van der Waals surface area contributed by atoms with Crippen LogP contribution in [0.25, 0.3) is 0 Å². The van der Waals surface area contributed by atoms with Crippen LogP contribution in [-0.2, 0) is 11.3 Å². The largest absolute Gasteiger partial charge is 0.465 e. The summed E-state index contributed by atoms with van der Waals surface area (Å²) in [6.45, 7) is 0.282. The summed E-state index contributed by atoms with van der Waals surface area (Å²) in [6, 6.07) is 2.45. The van der Waals surface area contributed by atoms with Gasteiger partial charge < -0.3 is 10.1 Å². The van der Waals surface area contributed by atoms with Crippen molar-refractivity contribution >= 4 is 11.7 Å². The Kier molecular flexibility index (Phi) is 3.74. The average Bonchev–Trinajstić information content (AvgIpc) is 2.93. The minimum absolute atomic E-state index is 0.0358. The van der Waals surface area contributed by atoms with Crippen molar-refractivity contribution in [3.05, 3.63) is 47.3 Å². The first-order chi connectivity index (χ1) is 9.13. The monoisotopic (exact) mass is 267 g/mol. The van der Waals surface area contributed by atoms with E-state index >= 15 is 0 Å². The van der Waals surface area contributed by atoms with Crippen LogP contribution >= 0.6 is 0 Å². The topological polar surface area (TPSA) is 67.0 Å². The van der Waals surface area contributed by atoms with E-state index in [1.165, 1.54) is 12.1 Å². The molecule has 100 valence electrons. The van der Waals surface area contributed by atoms with Gasteiger partial charge in [0.2, 0.25) is 0 Å². The number of benzene rings is 1. The molecule has 1 aromatic carbocycles. The fourth-order valence-electron chi connectivity index (χ4n) is 1.53. The van der Waals surface area contributed by atoms with Crippen LogP contribution in [0.15, 0.2) is 24.5 Å². The zero-order valence-electron chi connectivity index (χ0n) is 10.0. The van der Waals surface area contributed by atoms with Gasteiger partial charge in [-0.1, -0.05) is 0 Å². The smallest absolute Gasteiger partial charge is 0.340 e. The molecule has 0 amide bonds. The summed E-state index contributed by atoms with van der Waals surface area (Å²) in [5, 5.41) is 9.05. The molecular formula is C12H11F2N3O2. The number of aromatic nitrogens is 2. The van der Waals surface area contributed by atoms with Gasteiger partial charge in [0.05, 0.1) is 24.6 Å². The first kappa shape index (κ1) is 13.0. The number of nitrogens with zero attached hydrogens (tertiary/aromatic N) is 1. The zero-order valence-corrected chi connectivity index (χ0v) is 10.0. The third-order valence-corrected chi connectivity index (χ3v) is 2.53. The van der Waals surface area contributed by atoms with Gasteiger partial charge in [-0.3, -0.25) is 5.10 Å². The number of carbonyl (C=O) groups is 1. The quantitative estimate of drug-likeness (QED) is 0.832. The maximum absolute atomic E-state index is 13.7. The van der Waals surface area contributed by atoms with Crippen LogP contribution in [-0.4, -0.2) is 23.3 Å². The lowest BCUT2D eigenvalue weighted by Gasteiger charge is -2.09. The molecule has 0 aliphatic heterocycles. The molecule has 5 nitrogen and oxygen atoms in total. The summed E-state index contributed by atoms with van der Waals surface area (Å²) in [4.78, 5) is 11.2. The Morgan fingerprint density at radius 3 is 2.84 bits per heavy atom. The summed E-state index contributed by atoms with van der Waals surface area (Å²) in [5.41, 5.74) is 0.317. The van der Waals surface area contributed by atoms with E-state index < -0.39 is 23.2 Å². The minimum Gasteiger partial charge on any atom is -0.465 e. The number of H-pyrrole nitrogens is 1. The number of esters is 1. The van der Waals surface area contributed by atoms with Gasteiger partial charge in [0.15, 0.2) is 11.6 Å². The molecular weight excluding hydrogens is 256 g/mol. The van der Waals surface area contributed by atoms with Crippen LogP contribution in [0.3, 0.4) is 0 Å². The lowest BCUT2D eigenvalue weighted by molar-refractivity contribution is 0.0594. The van der Waals surface area contributed by atoms with Crippen molar-refractivity contribution in [2.45, 2.75) is 6.54 Å². The van der Waals surface area contributed by atoms with Gasteiger partial charge >= 0.3 is 5.97 Å². The number of ether oxygens (including phenoxy) is 1. The van der Waals surface area contributed by atoms with Crippen LogP contribution < -0.4 is 5.32 Å². The molecule has 2 rings (SSSR count). The number of methoxy groups -OCH3 is 1. The first-order valence-corrected chi connectivity index (χ1v) is 5.41. The summed E-state index contributed by atoms with van der Waals surface area (Å²) < 4.78 is 31.7. The highest BCUT2D eigenvalue weighted by atomic mass is 19.2. The second-order valence-corrected chi connectivity index (χ2v) is 3.74. The van der Waals surface area contributed by atoms with Crippen molar-refractivity contribution in [2.24, 2.45) is 0 Å². The molecule has 2 aromatic rings. The Balaban J connectivity index is 2.19. The number of hydrogen-bond acceptors (Lipinski definition) is 4. The van der Waals surface area contributed by atoms with Gasteiger partial charge in [0, 0.05) is 18.3 Å². The van der Waals surface area contributed by atoms with E-state index in [-0.39, 0.29) is 12.2 Å². The number of hydrogen-bond donors (Lipinski definition) is 2. The van der Waals surface area contributed by atoms with E-state index in [1.807, 2.05) is 0 Å². The van der Waals surface area contributed by atoms with Gasteiger partial charge in [-0.25, -0.2) is 13.6 Å². The lowest BCUT2D eigenvalue weighted by Crippen LogP contribution is -2.09. The average molecular weight is 267 g/mol. The van der Waals surface area contributed by atoms with Gasteiger partial charge in [-0.05, 0) is 12.1 Å². The number of aromatic amines is 1. The highest BCUT2D eigenvalue weighted by molar-refractivity contribution is 5.90. The molecule has 0 saturated heterocycles. The maximum atomic E-state index is 13.7. The maximum Gasteiger partial charge on any atom is 0.340 e. The molecule has 0 saturated carbocycles. The van der Waals surface area contributed by atoms with Crippen molar-refractivity contribution in [1.82, 2.24) is 10.2 Å². The molecule has 7 heteroatoms. The molecule has 1 heterocycles. The van der Waals surface area contributed by atoms with Crippen LogP contribution in [0, 0.1) is 11.6 Å². The molecule has 0 atom stereocenters. The predicted molar refractivity (Wildman–Crippen MR) is 63.6 cm³/mol. The lowest BCUT2D eigenvalue weighted by atomic mass is 10.1. The zero-order chi connectivity index (χ0) is 13.8. The van der Waals surface area contributed by atoms with E-state index in [4.69, 9.17) is 0 Å². The van der Waals surface area contributed by atoms with Gasteiger partial charge in [-0.15, -0.1) is 0 Å². The fourth-order valence-corrected chi connectivity index (χ4v) is 1.53. The number of carbonyl (C=O) groups excluding carboxylic acids is 1. The Morgan fingerprint density at radius 1 is 1.42 bits per heavy atom. The van der Waals surface area contributed by atoms with Crippen LogP contribution in [0.2, 0.25) is 0 Å². The molecule has 0 aliphatic carbocycles. The second kappa shape index (κ2) is 5.47. The third kappa shape index (κ3) is 2.70. The fraction of sp³-hybridized carbons (Fsp3) is 0.167. The summed E-state index contributed by atoms with van der Waals surface area (Å²) >= 11 is 0. The predicted octanol–water partition coefficient (Wildman–Crippen LogP) is 2.09. The second-order valence-electron chi connectivity index (χ2n) is 3.74. The van der Waals surface area contributed by atoms with Gasteiger partial charge in [0.25, 0.3) is 0 Å². The molecule has 0 unspecified atom stereocenters. The summed E-state index contributed by atoms with van der Waals surface area (Å²) in [7, 11) is 1.10. The molecule has 0 radical (unpaired) electrons. The molecule has 19 heavy (non-hydrogen) atoms. The minimum atomic E-state index is -1.23. The van der Waals surface area contributed by atoms with E-state index in [0.29, 0.717) is 0 Å². The van der Waals surface area contributed by atoms with Crippen molar-refractivity contribution in [1.29, 1.82) is 0 Å². The SMILES string of the molecule is COC(=O)c1ccc(NCc2cn[nH]c2)c(F)c1F. The number of anilines is 1.